The quantitative estimate of drug-likeness (QED) is 0.890. The Kier molecular flexibility index (Phi) is 4.24. The highest BCUT2D eigenvalue weighted by Crippen LogP contribution is 2.28. The first-order valence-electron chi connectivity index (χ1n) is 6.61. The summed E-state index contributed by atoms with van der Waals surface area (Å²) in [5, 5.41) is 2.59. The van der Waals surface area contributed by atoms with Crippen molar-refractivity contribution in [3.05, 3.63) is 23.5 Å². The number of rotatable bonds is 4. The molecule has 1 saturated heterocycles. The molecular formula is C13H16F3N3O2. The standard InChI is InChI=1S/C13H16F3N3O2/c1-8(7-19-4-2-3-11(19)20)18-12(21)9-5-10(17-6-9)13(14,15)16/h5-6,8,17H,2-4,7H2,1H3,(H,18,21). The van der Waals surface area contributed by atoms with Crippen LogP contribution in [-0.2, 0) is 11.0 Å². The molecule has 1 aliphatic rings. The number of aromatic nitrogens is 1. The van der Waals surface area contributed by atoms with E-state index in [0.29, 0.717) is 19.5 Å². The first-order valence-corrected chi connectivity index (χ1v) is 6.61. The lowest BCUT2D eigenvalue weighted by molar-refractivity contribution is -0.140. The number of nitrogens with one attached hydrogen (secondary N) is 2. The van der Waals surface area contributed by atoms with Crippen LogP contribution in [0.1, 0.15) is 35.8 Å². The number of hydrogen-bond acceptors (Lipinski definition) is 2. The second-order valence-corrected chi connectivity index (χ2v) is 5.12. The minimum atomic E-state index is -4.51. The number of H-pyrrole nitrogens is 1. The lowest BCUT2D eigenvalue weighted by Crippen LogP contribution is -2.42. The van der Waals surface area contributed by atoms with Crippen LogP contribution >= 0.6 is 0 Å². The van der Waals surface area contributed by atoms with Crippen molar-refractivity contribution in [2.24, 2.45) is 0 Å². The highest BCUT2D eigenvalue weighted by Gasteiger charge is 2.33. The van der Waals surface area contributed by atoms with Gasteiger partial charge in [0.1, 0.15) is 5.69 Å². The molecule has 1 atom stereocenters. The maximum atomic E-state index is 12.4. The fourth-order valence-corrected chi connectivity index (χ4v) is 2.27. The largest absolute Gasteiger partial charge is 0.431 e. The molecule has 2 N–H and O–H groups in total. The summed E-state index contributed by atoms with van der Waals surface area (Å²) in [6, 6.07) is 0.437. The summed E-state index contributed by atoms with van der Waals surface area (Å²) >= 11 is 0. The van der Waals surface area contributed by atoms with Gasteiger partial charge in [-0.25, -0.2) is 0 Å². The van der Waals surface area contributed by atoms with Crippen LogP contribution < -0.4 is 5.32 Å². The zero-order valence-corrected chi connectivity index (χ0v) is 11.5. The molecule has 21 heavy (non-hydrogen) atoms. The van der Waals surface area contributed by atoms with Gasteiger partial charge in [-0.1, -0.05) is 0 Å². The normalized spacial score (nSPS) is 17.1. The summed E-state index contributed by atoms with van der Waals surface area (Å²) in [6.45, 7) is 2.73. The number of halogens is 3. The minimum absolute atomic E-state index is 0.0390. The van der Waals surface area contributed by atoms with Crippen molar-refractivity contribution in [1.29, 1.82) is 0 Å². The Balaban J connectivity index is 1.91. The van der Waals surface area contributed by atoms with Gasteiger partial charge in [0.15, 0.2) is 0 Å². The molecule has 8 heteroatoms. The predicted molar refractivity (Wildman–Crippen MR) is 68.5 cm³/mol. The third-order valence-electron chi connectivity index (χ3n) is 3.29. The SMILES string of the molecule is CC(CN1CCCC1=O)NC(=O)c1c[nH]c(C(F)(F)F)c1. The molecule has 1 fully saturated rings. The Morgan fingerprint density at radius 1 is 1.52 bits per heavy atom. The molecule has 1 aromatic rings. The number of carbonyl (C=O) groups excluding carboxylic acids is 2. The second-order valence-electron chi connectivity index (χ2n) is 5.12. The number of aromatic amines is 1. The Labute approximate surface area is 119 Å². The Morgan fingerprint density at radius 2 is 2.24 bits per heavy atom. The number of carbonyl (C=O) groups is 2. The molecule has 1 aliphatic heterocycles. The van der Waals surface area contributed by atoms with E-state index < -0.39 is 17.8 Å². The molecular weight excluding hydrogens is 287 g/mol. The van der Waals surface area contributed by atoms with Gasteiger partial charge >= 0.3 is 6.18 Å². The zero-order valence-electron chi connectivity index (χ0n) is 11.5. The number of amides is 2. The molecule has 0 saturated carbocycles. The highest BCUT2D eigenvalue weighted by atomic mass is 19.4. The smallest absolute Gasteiger partial charge is 0.357 e. The zero-order chi connectivity index (χ0) is 15.6. The van der Waals surface area contributed by atoms with Crippen molar-refractivity contribution >= 4 is 11.8 Å². The number of alkyl halides is 3. The van der Waals surface area contributed by atoms with E-state index in [1.165, 1.54) is 0 Å². The van der Waals surface area contributed by atoms with E-state index in [2.05, 4.69) is 5.32 Å². The molecule has 1 unspecified atom stereocenters. The summed E-state index contributed by atoms with van der Waals surface area (Å²) in [6.07, 6.45) is -2.18. The van der Waals surface area contributed by atoms with Crippen molar-refractivity contribution in [1.82, 2.24) is 15.2 Å². The average molecular weight is 303 g/mol. The molecule has 0 aromatic carbocycles. The van der Waals surface area contributed by atoms with E-state index >= 15 is 0 Å². The third-order valence-corrected chi connectivity index (χ3v) is 3.29. The highest BCUT2D eigenvalue weighted by molar-refractivity contribution is 5.94. The molecule has 2 rings (SSSR count). The molecule has 1 aromatic heterocycles. The average Bonchev–Trinajstić information content (AvgIpc) is 2.98. The maximum Gasteiger partial charge on any atom is 0.431 e. The van der Waals surface area contributed by atoms with Crippen LogP contribution in [0.4, 0.5) is 13.2 Å². The molecule has 0 aliphatic carbocycles. The molecule has 0 spiro atoms. The molecule has 5 nitrogen and oxygen atoms in total. The van der Waals surface area contributed by atoms with Gasteiger partial charge in [0.05, 0.1) is 5.56 Å². The van der Waals surface area contributed by atoms with Gasteiger partial charge in [0.25, 0.3) is 5.91 Å². The summed E-state index contributed by atoms with van der Waals surface area (Å²) in [5.74, 6) is -0.557. The van der Waals surface area contributed by atoms with Gasteiger partial charge in [0, 0.05) is 31.7 Å². The topological polar surface area (TPSA) is 65.2 Å². The van der Waals surface area contributed by atoms with Crippen LogP contribution in [0.2, 0.25) is 0 Å². The Hall–Kier alpha value is -1.99. The van der Waals surface area contributed by atoms with Crippen molar-refractivity contribution in [2.45, 2.75) is 32.0 Å². The molecule has 2 heterocycles. The Morgan fingerprint density at radius 3 is 2.76 bits per heavy atom. The van der Waals surface area contributed by atoms with E-state index in [1.807, 2.05) is 4.98 Å². The lowest BCUT2D eigenvalue weighted by Gasteiger charge is -2.21. The molecule has 0 radical (unpaired) electrons. The summed E-state index contributed by atoms with van der Waals surface area (Å²) < 4.78 is 37.3. The van der Waals surface area contributed by atoms with E-state index in [1.54, 1.807) is 11.8 Å². The summed E-state index contributed by atoms with van der Waals surface area (Å²) in [7, 11) is 0. The lowest BCUT2D eigenvalue weighted by atomic mass is 10.2. The van der Waals surface area contributed by atoms with Crippen LogP contribution in [0.25, 0.3) is 0 Å². The maximum absolute atomic E-state index is 12.4. The van der Waals surface area contributed by atoms with E-state index in [4.69, 9.17) is 0 Å². The fourth-order valence-electron chi connectivity index (χ4n) is 2.27. The van der Waals surface area contributed by atoms with Crippen LogP contribution in [0.3, 0.4) is 0 Å². The minimum Gasteiger partial charge on any atom is -0.357 e. The van der Waals surface area contributed by atoms with Gasteiger partial charge in [-0.15, -0.1) is 0 Å². The van der Waals surface area contributed by atoms with Crippen LogP contribution in [0.15, 0.2) is 12.3 Å². The van der Waals surface area contributed by atoms with Crippen LogP contribution in [0, 0.1) is 0 Å². The van der Waals surface area contributed by atoms with Gasteiger partial charge in [-0.2, -0.15) is 13.2 Å². The van der Waals surface area contributed by atoms with Crippen LogP contribution in [-0.4, -0.2) is 40.8 Å². The first kappa shape index (κ1) is 15.4. The van der Waals surface area contributed by atoms with Crippen molar-refractivity contribution in [3.8, 4) is 0 Å². The molecule has 2 amide bonds. The number of nitrogens with zero attached hydrogens (tertiary/aromatic N) is 1. The van der Waals surface area contributed by atoms with E-state index in [9.17, 15) is 22.8 Å². The predicted octanol–water partition coefficient (Wildman–Crippen LogP) is 1.77. The van der Waals surface area contributed by atoms with Crippen molar-refractivity contribution in [2.75, 3.05) is 13.1 Å². The summed E-state index contributed by atoms with van der Waals surface area (Å²) in [5.41, 5.74) is -1.04. The van der Waals surface area contributed by atoms with Crippen molar-refractivity contribution in [3.63, 3.8) is 0 Å². The fraction of sp³-hybridized carbons (Fsp3) is 0.538. The monoisotopic (exact) mass is 303 g/mol. The van der Waals surface area contributed by atoms with Gasteiger partial charge in [-0.05, 0) is 19.4 Å². The summed E-state index contributed by atoms with van der Waals surface area (Å²) in [4.78, 5) is 27.0. The first-order chi connectivity index (χ1) is 9.77. The second kappa shape index (κ2) is 5.79. The van der Waals surface area contributed by atoms with Crippen LogP contribution in [0.5, 0.6) is 0 Å². The van der Waals surface area contributed by atoms with Gasteiger partial charge in [0.2, 0.25) is 5.91 Å². The number of hydrogen-bond donors (Lipinski definition) is 2. The van der Waals surface area contributed by atoms with E-state index in [-0.39, 0.29) is 17.5 Å². The van der Waals surface area contributed by atoms with Gasteiger partial charge < -0.3 is 15.2 Å². The third kappa shape index (κ3) is 3.77. The number of likely N-dealkylation sites (tertiary alicyclic amines) is 1. The Bertz CT molecular complexity index is 539. The van der Waals surface area contributed by atoms with E-state index in [0.717, 1.165) is 18.7 Å². The molecule has 0 bridgehead atoms. The molecule has 116 valence electrons. The van der Waals surface area contributed by atoms with Crippen molar-refractivity contribution < 1.29 is 22.8 Å². The van der Waals surface area contributed by atoms with Gasteiger partial charge in [-0.3, -0.25) is 9.59 Å².